The molecule has 2 N–H and O–H groups in total. The van der Waals surface area contributed by atoms with Crippen LogP contribution >= 0.6 is 0 Å². The summed E-state index contributed by atoms with van der Waals surface area (Å²) in [5.41, 5.74) is 0.505. The summed E-state index contributed by atoms with van der Waals surface area (Å²) in [6.07, 6.45) is 7.92. The van der Waals surface area contributed by atoms with Crippen molar-refractivity contribution in [3.63, 3.8) is 0 Å². The Labute approximate surface area is 132 Å². The van der Waals surface area contributed by atoms with Crippen LogP contribution in [0.2, 0.25) is 0 Å². The summed E-state index contributed by atoms with van der Waals surface area (Å²) in [5.74, 6) is 2.10. The largest absolute Gasteiger partial charge is 0.472 e. The van der Waals surface area contributed by atoms with Gasteiger partial charge in [0.1, 0.15) is 30.1 Å². The molecule has 0 saturated carbocycles. The predicted molar refractivity (Wildman–Crippen MR) is 83.4 cm³/mol. The molecule has 118 valence electrons. The SMILES string of the molecule is Cc1nccn1-c1cc(NCCNC(=O)c2ccoc2)ncn1. The monoisotopic (exact) mass is 312 g/mol. The van der Waals surface area contributed by atoms with Crippen molar-refractivity contribution in [1.82, 2.24) is 24.8 Å². The Bertz CT molecular complexity index is 781. The normalized spacial score (nSPS) is 10.5. The molecular weight excluding hydrogens is 296 g/mol. The van der Waals surface area contributed by atoms with Crippen LogP contribution in [-0.4, -0.2) is 38.5 Å². The van der Waals surface area contributed by atoms with Crippen LogP contribution in [0.5, 0.6) is 0 Å². The van der Waals surface area contributed by atoms with Crippen LogP contribution in [0.15, 0.2) is 47.8 Å². The fourth-order valence-corrected chi connectivity index (χ4v) is 2.06. The predicted octanol–water partition coefficient (Wildman–Crippen LogP) is 1.41. The van der Waals surface area contributed by atoms with E-state index in [0.29, 0.717) is 24.5 Å². The lowest BCUT2D eigenvalue weighted by atomic mass is 10.3. The number of nitrogens with one attached hydrogen (secondary N) is 2. The fourth-order valence-electron chi connectivity index (χ4n) is 2.06. The van der Waals surface area contributed by atoms with E-state index in [9.17, 15) is 4.79 Å². The van der Waals surface area contributed by atoms with Gasteiger partial charge >= 0.3 is 0 Å². The maximum absolute atomic E-state index is 11.7. The van der Waals surface area contributed by atoms with Crippen LogP contribution < -0.4 is 10.6 Å². The number of aryl methyl sites for hydroxylation is 1. The highest BCUT2D eigenvalue weighted by Gasteiger charge is 2.06. The summed E-state index contributed by atoms with van der Waals surface area (Å²) in [5, 5.41) is 5.93. The Morgan fingerprint density at radius 3 is 2.96 bits per heavy atom. The molecule has 0 aliphatic rings. The van der Waals surface area contributed by atoms with Gasteiger partial charge in [-0.1, -0.05) is 0 Å². The Balaban J connectivity index is 1.53. The van der Waals surface area contributed by atoms with E-state index < -0.39 is 0 Å². The topological polar surface area (TPSA) is 97.9 Å². The third-order valence-corrected chi connectivity index (χ3v) is 3.23. The number of hydrogen-bond donors (Lipinski definition) is 2. The number of amides is 1. The van der Waals surface area contributed by atoms with Gasteiger partial charge in [-0.25, -0.2) is 15.0 Å². The van der Waals surface area contributed by atoms with Gasteiger partial charge in [-0.05, 0) is 13.0 Å². The van der Waals surface area contributed by atoms with Crippen molar-refractivity contribution in [1.29, 1.82) is 0 Å². The number of furan rings is 1. The molecular formula is C15H16N6O2. The molecule has 0 aromatic carbocycles. The molecule has 3 heterocycles. The molecule has 0 unspecified atom stereocenters. The van der Waals surface area contributed by atoms with E-state index >= 15 is 0 Å². The molecule has 23 heavy (non-hydrogen) atoms. The maximum atomic E-state index is 11.7. The van der Waals surface area contributed by atoms with Crippen LogP contribution in [0.25, 0.3) is 5.82 Å². The Morgan fingerprint density at radius 1 is 1.30 bits per heavy atom. The summed E-state index contributed by atoms with van der Waals surface area (Å²) in [7, 11) is 0. The summed E-state index contributed by atoms with van der Waals surface area (Å²) < 4.78 is 6.74. The van der Waals surface area contributed by atoms with Gasteiger partial charge in [0, 0.05) is 31.5 Å². The zero-order chi connectivity index (χ0) is 16.1. The van der Waals surface area contributed by atoms with Gasteiger partial charge in [-0.2, -0.15) is 0 Å². The Hall–Kier alpha value is -3.16. The summed E-state index contributed by atoms with van der Waals surface area (Å²) >= 11 is 0. The first-order valence-corrected chi connectivity index (χ1v) is 7.10. The molecule has 0 bridgehead atoms. The van der Waals surface area contributed by atoms with Crippen molar-refractivity contribution in [2.75, 3.05) is 18.4 Å². The second-order valence-electron chi connectivity index (χ2n) is 4.80. The first kappa shape index (κ1) is 14.8. The lowest BCUT2D eigenvalue weighted by Gasteiger charge is -2.08. The van der Waals surface area contributed by atoms with Crippen molar-refractivity contribution in [2.45, 2.75) is 6.92 Å². The average Bonchev–Trinajstić information content (AvgIpc) is 3.23. The zero-order valence-electron chi connectivity index (χ0n) is 12.6. The van der Waals surface area contributed by atoms with Crippen molar-refractivity contribution < 1.29 is 9.21 Å². The lowest BCUT2D eigenvalue weighted by molar-refractivity contribution is 0.0954. The van der Waals surface area contributed by atoms with Gasteiger partial charge < -0.3 is 15.1 Å². The molecule has 3 aromatic rings. The van der Waals surface area contributed by atoms with E-state index in [1.165, 1.54) is 18.9 Å². The van der Waals surface area contributed by atoms with E-state index in [-0.39, 0.29) is 5.91 Å². The average molecular weight is 312 g/mol. The second-order valence-corrected chi connectivity index (χ2v) is 4.80. The van der Waals surface area contributed by atoms with Crippen LogP contribution in [0.1, 0.15) is 16.2 Å². The lowest BCUT2D eigenvalue weighted by Crippen LogP contribution is -2.28. The van der Waals surface area contributed by atoms with Crippen LogP contribution in [0.3, 0.4) is 0 Å². The van der Waals surface area contributed by atoms with Crippen LogP contribution in [-0.2, 0) is 0 Å². The quantitative estimate of drug-likeness (QED) is 0.668. The molecule has 1 amide bonds. The number of aromatic nitrogens is 4. The molecule has 0 radical (unpaired) electrons. The Morgan fingerprint density at radius 2 is 2.22 bits per heavy atom. The zero-order valence-corrected chi connectivity index (χ0v) is 12.6. The Kier molecular flexibility index (Phi) is 4.32. The number of anilines is 1. The number of nitrogens with zero attached hydrogens (tertiary/aromatic N) is 4. The summed E-state index contributed by atoms with van der Waals surface area (Å²) in [4.78, 5) is 24.3. The molecule has 0 spiro atoms. The number of hydrogen-bond acceptors (Lipinski definition) is 6. The van der Waals surface area contributed by atoms with Gasteiger partial charge in [0.2, 0.25) is 0 Å². The first-order chi connectivity index (χ1) is 11.2. The van der Waals surface area contributed by atoms with Gasteiger partial charge in [0.15, 0.2) is 0 Å². The third kappa shape index (κ3) is 3.54. The molecule has 3 rings (SSSR count). The minimum atomic E-state index is -0.169. The van der Waals surface area contributed by atoms with Gasteiger partial charge in [-0.3, -0.25) is 9.36 Å². The van der Waals surface area contributed by atoms with Crippen LogP contribution in [0, 0.1) is 6.92 Å². The highest BCUT2D eigenvalue weighted by atomic mass is 16.3. The van der Waals surface area contributed by atoms with E-state index in [2.05, 4.69) is 25.6 Å². The minimum Gasteiger partial charge on any atom is -0.472 e. The number of imidazole rings is 1. The fraction of sp³-hybridized carbons (Fsp3) is 0.200. The van der Waals surface area contributed by atoms with Crippen molar-refractivity contribution in [3.05, 3.63) is 54.8 Å². The third-order valence-electron chi connectivity index (χ3n) is 3.23. The standard InChI is InChI=1S/C15H16N6O2/c1-11-16-5-6-21(11)14-8-13(19-10-20-14)17-3-4-18-15(22)12-2-7-23-9-12/h2,5-10H,3-4H2,1H3,(H,18,22)(H,17,19,20). The van der Waals surface area contributed by atoms with Gasteiger partial charge in [-0.15, -0.1) is 0 Å². The van der Waals surface area contributed by atoms with E-state index in [0.717, 1.165) is 11.6 Å². The molecule has 8 heteroatoms. The van der Waals surface area contributed by atoms with E-state index in [1.807, 2.05) is 23.8 Å². The van der Waals surface area contributed by atoms with Crippen LogP contribution in [0.4, 0.5) is 5.82 Å². The second kappa shape index (κ2) is 6.73. The molecule has 0 fully saturated rings. The van der Waals surface area contributed by atoms with Gasteiger partial charge in [0.25, 0.3) is 5.91 Å². The number of carbonyl (C=O) groups excluding carboxylic acids is 1. The van der Waals surface area contributed by atoms with Crippen molar-refractivity contribution in [2.24, 2.45) is 0 Å². The molecule has 0 aliphatic carbocycles. The summed E-state index contributed by atoms with van der Waals surface area (Å²) in [6.45, 7) is 2.91. The van der Waals surface area contributed by atoms with Gasteiger partial charge in [0.05, 0.1) is 11.8 Å². The molecule has 0 aliphatic heterocycles. The first-order valence-electron chi connectivity index (χ1n) is 7.10. The maximum Gasteiger partial charge on any atom is 0.254 e. The van der Waals surface area contributed by atoms with Crippen molar-refractivity contribution >= 4 is 11.7 Å². The molecule has 0 saturated heterocycles. The molecule has 8 nitrogen and oxygen atoms in total. The molecule has 0 atom stereocenters. The number of carbonyl (C=O) groups is 1. The summed E-state index contributed by atoms with van der Waals surface area (Å²) in [6, 6.07) is 3.44. The van der Waals surface area contributed by atoms with E-state index in [4.69, 9.17) is 4.42 Å². The highest BCUT2D eigenvalue weighted by Crippen LogP contribution is 2.10. The molecule has 3 aromatic heterocycles. The van der Waals surface area contributed by atoms with E-state index in [1.54, 1.807) is 12.3 Å². The highest BCUT2D eigenvalue weighted by molar-refractivity contribution is 5.93. The van der Waals surface area contributed by atoms with Crippen molar-refractivity contribution in [3.8, 4) is 5.82 Å². The number of rotatable bonds is 6. The minimum absolute atomic E-state index is 0.169. The smallest absolute Gasteiger partial charge is 0.254 e.